The first-order valence-corrected chi connectivity index (χ1v) is 9.19. The number of nitro groups is 1. The molecule has 0 N–H and O–H groups in total. The topological polar surface area (TPSA) is 102 Å². The normalized spacial score (nSPS) is 19.3. The average Bonchev–Trinajstić information content (AvgIpc) is 2.65. The van der Waals surface area contributed by atoms with Crippen LogP contribution in [-0.4, -0.2) is 39.2 Å². The second-order valence-corrected chi connectivity index (χ2v) is 6.96. The van der Waals surface area contributed by atoms with Crippen LogP contribution in [0.15, 0.2) is 53.2 Å². The van der Waals surface area contributed by atoms with Crippen LogP contribution < -0.4 is 0 Å². The Hall–Kier alpha value is -2.94. The highest BCUT2D eigenvalue weighted by Gasteiger charge is 2.42. The third kappa shape index (κ3) is 3.63. The van der Waals surface area contributed by atoms with Gasteiger partial charge in [-0.15, -0.1) is 0 Å². The number of nitrogens with zero attached hydrogens (tertiary/aromatic N) is 3. The van der Waals surface area contributed by atoms with Gasteiger partial charge in [-0.05, 0) is 12.5 Å². The van der Waals surface area contributed by atoms with Crippen molar-refractivity contribution in [2.24, 2.45) is 4.99 Å². The average molecular weight is 387 g/mol. The van der Waals surface area contributed by atoms with Crippen LogP contribution in [0.5, 0.6) is 0 Å². The van der Waals surface area contributed by atoms with Crippen LogP contribution in [0, 0.1) is 10.1 Å². The van der Waals surface area contributed by atoms with Crippen LogP contribution in [-0.2, 0) is 14.3 Å². The van der Waals surface area contributed by atoms with E-state index < -0.39 is 16.9 Å². The van der Waals surface area contributed by atoms with Gasteiger partial charge >= 0.3 is 5.97 Å². The van der Waals surface area contributed by atoms with Gasteiger partial charge in [0.1, 0.15) is 6.61 Å². The summed E-state index contributed by atoms with van der Waals surface area (Å²) < 4.78 is 5.18. The molecule has 140 valence electrons. The van der Waals surface area contributed by atoms with Crippen LogP contribution in [0.1, 0.15) is 24.9 Å². The number of thioether (sulfide) groups is 1. The molecule has 2 aliphatic heterocycles. The Morgan fingerprint density at radius 1 is 1.56 bits per heavy atom. The number of carbonyl (C=O) groups excluding carboxylic acids is 2. The third-order valence-corrected chi connectivity index (χ3v) is 5.11. The van der Waals surface area contributed by atoms with Gasteiger partial charge in [0.25, 0.3) is 5.69 Å². The number of hydrogen-bond donors (Lipinski definition) is 0. The number of esters is 1. The Balaban J connectivity index is 2.15. The lowest BCUT2D eigenvalue weighted by molar-refractivity contribution is -0.384. The maximum Gasteiger partial charge on any atom is 0.338 e. The van der Waals surface area contributed by atoms with E-state index in [-0.39, 0.29) is 23.8 Å². The number of ether oxygens (including phenoxy) is 1. The molecule has 2 aliphatic rings. The Labute approximate surface area is 159 Å². The number of rotatable bonds is 5. The summed E-state index contributed by atoms with van der Waals surface area (Å²) >= 11 is 1.41. The zero-order chi connectivity index (χ0) is 19.6. The van der Waals surface area contributed by atoms with Gasteiger partial charge in [0.2, 0.25) is 5.91 Å². The number of amides is 1. The van der Waals surface area contributed by atoms with Crippen molar-refractivity contribution in [2.45, 2.75) is 19.4 Å². The minimum atomic E-state index is -0.824. The van der Waals surface area contributed by atoms with Crippen molar-refractivity contribution in [1.29, 1.82) is 0 Å². The second kappa shape index (κ2) is 7.75. The van der Waals surface area contributed by atoms with E-state index in [9.17, 15) is 19.7 Å². The lowest BCUT2D eigenvalue weighted by Gasteiger charge is -2.38. The summed E-state index contributed by atoms with van der Waals surface area (Å²) in [6.45, 7) is 5.19. The Kier molecular flexibility index (Phi) is 5.41. The predicted octanol–water partition coefficient (Wildman–Crippen LogP) is 2.97. The molecule has 0 bridgehead atoms. The summed E-state index contributed by atoms with van der Waals surface area (Å²) in [5.41, 5.74) is 0.952. The van der Waals surface area contributed by atoms with E-state index >= 15 is 0 Å². The van der Waals surface area contributed by atoms with E-state index in [0.717, 1.165) is 0 Å². The van der Waals surface area contributed by atoms with Gasteiger partial charge in [-0.25, -0.2) is 9.79 Å². The van der Waals surface area contributed by atoms with E-state index in [0.29, 0.717) is 28.6 Å². The van der Waals surface area contributed by atoms with Crippen molar-refractivity contribution < 1.29 is 19.2 Å². The number of aliphatic imine (C=N–C) groups is 1. The molecule has 27 heavy (non-hydrogen) atoms. The van der Waals surface area contributed by atoms with E-state index in [1.165, 1.54) is 40.9 Å². The number of hydrogen-bond acceptors (Lipinski definition) is 7. The van der Waals surface area contributed by atoms with Crippen LogP contribution in [0.4, 0.5) is 5.69 Å². The standard InChI is InChI=1S/C18H17N3O5S/c1-3-8-26-17(23)15-11(2)19-18-20(14(22)7-9-27-18)16(15)12-5-4-6-13(10-12)21(24)25/h3-6,10,16H,1,7-9H2,2H3. The number of benzene rings is 1. The summed E-state index contributed by atoms with van der Waals surface area (Å²) in [5.74, 6) is -0.222. The van der Waals surface area contributed by atoms with Gasteiger partial charge in [-0.3, -0.25) is 19.8 Å². The first kappa shape index (κ1) is 18.8. The number of non-ortho nitro benzene ring substituents is 1. The molecule has 0 spiro atoms. The van der Waals surface area contributed by atoms with E-state index in [4.69, 9.17) is 4.74 Å². The summed E-state index contributed by atoms with van der Waals surface area (Å²) in [5, 5.41) is 11.7. The van der Waals surface area contributed by atoms with E-state index in [1.54, 1.807) is 13.0 Å². The molecule has 1 amide bonds. The maximum absolute atomic E-state index is 12.7. The molecule has 1 aromatic rings. The third-order valence-electron chi connectivity index (χ3n) is 4.16. The van der Waals surface area contributed by atoms with Gasteiger partial charge in [0.05, 0.1) is 22.2 Å². The Bertz CT molecular complexity index is 893. The van der Waals surface area contributed by atoms with Crippen LogP contribution >= 0.6 is 11.8 Å². The molecule has 0 aliphatic carbocycles. The largest absolute Gasteiger partial charge is 0.458 e. The van der Waals surface area contributed by atoms with Gasteiger partial charge in [0, 0.05) is 24.3 Å². The highest BCUT2D eigenvalue weighted by atomic mass is 32.2. The lowest BCUT2D eigenvalue weighted by Crippen LogP contribution is -2.45. The molecule has 1 atom stereocenters. The zero-order valence-corrected chi connectivity index (χ0v) is 15.4. The molecule has 1 saturated heterocycles. The molecule has 1 fully saturated rings. The molecule has 1 aromatic carbocycles. The van der Waals surface area contributed by atoms with Gasteiger partial charge < -0.3 is 4.74 Å². The van der Waals surface area contributed by atoms with Crippen LogP contribution in [0.2, 0.25) is 0 Å². The molecule has 9 heteroatoms. The SMILES string of the molecule is C=CCOC(=O)C1=C(C)N=C2SCCC(=O)N2C1c1cccc([N+](=O)[O-])c1. The summed E-state index contributed by atoms with van der Waals surface area (Å²) in [4.78, 5) is 41.8. The molecule has 0 aromatic heterocycles. The first-order valence-electron chi connectivity index (χ1n) is 8.20. The fourth-order valence-corrected chi connectivity index (χ4v) is 4.00. The number of nitro benzene ring substituents is 1. The van der Waals surface area contributed by atoms with Crippen molar-refractivity contribution in [1.82, 2.24) is 4.90 Å². The Morgan fingerprint density at radius 3 is 3.04 bits per heavy atom. The number of carbonyl (C=O) groups is 2. The predicted molar refractivity (Wildman–Crippen MR) is 101 cm³/mol. The van der Waals surface area contributed by atoms with Gasteiger partial charge in [0.15, 0.2) is 5.17 Å². The minimum absolute atomic E-state index is 0.0105. The molecule has 1 unspecified atom stereocenters. The first-order chi connectivity index (χ1) is 12.9. The van der Waals surface area contributed by atoms with Gasteiger partial charge in [-0.2, -0.15) is 0 Å². The smallest absolute Gasteiger partial charge is 0.338 e. The maximum atomic E-state index is 12.7. The Morgan fingerprint density at radius 2 is 2.33 bits per heavy atom. The van der Waals surface area contributed by atoms with Gasteiger partial charge in [-0.1, -0.05) is 36.5 Å². The summed E-state index contributed by atoms with van der Waals surface area (Å²) in [7, 11) is 0. The molecule has 8 nitrogen and oxygen atoms in total. The molecule has 0 saturated carbocycles. The molecular weight excluding hydrogens is 370 g/mol. The summed E-state index contributed by atoms with van der Waals surface area (Å²) in [6, 6.07) is 5.09. The summed E-state index contributed by atoms with van der Waals surface area (Å²) in [6.07, 6.45) is 1.73. The molecule has 0 radical (unpaired) electrons. The highest BCUT2D eigenvalue weighted by molar-refractivity contribution is 8.14. The minimum Gasteiger partial charge on any atom is -0.458 e. The van der Waals surface area contributed by atoms with Crippen molar-refractivity contribution in [3.63, 3.8) is 0 Å². The number of amidine groups is 1. The number of allylic oxidation sites excluding steroid dienone is 1. The zero-order valence-electron chi connectivity index (χ0n) is 14.6. The monoisotopic (exact) mass is 387 g/mol. The van der Waals surface area contributed by atoms with Crippen LogP contribution in [0.3, 0.4) is 0 Å². The fraction of sp³-hybridized carbons (Fsp3) is 0.278. The van der Waals surface area contributed by atoms with Crippen molar-refractivity contribution in [2.75, 3.05) is 12.4 Å². The molecule has 3 rings (SSSR count). The highest BCUT2D eigenvalue weighted by Crippen LogP contribution is 2.41. The molecular formula is C18H17N3O5S. The lowest BCUT2D eigenvalue weighted by atomic mass is 9.94. The second-order valence-electron chi connectivity index (χ2n) is 5.90. The van der Waals surface area contributed by atoms with Crippen molar-refractivity contribution in [3.8, 4) is 0 Å². The van der Waals surface area contributed by atoms with E-state index in [1.807, 2.05) is 0 Å². The number of fused-ring (bicyclic) bond motifs is 1. The van der Waals surface area contributed by atoms with Crippen LogP contribution in [0.25, 0.3) is 0 Å². The molecule has 2 heterocycles. The van der Waals surface area contributed by atoms with Crippen molar-refractivity contribution in [3.05, 3.63) is 63.9 Å². The van der Waals surface area contributed by atoms with E-state index in [2.05, 4.69) is 11.6 Å². The van der Waals surface area contributed by atoms with Crippen molar-refractivity contribution >= 4 is 34.5 Å². The quantitative estimate of drug-likeness (QED) is 0.333. The fourth-order valence-electron chi connectivity index (χ4n) is 2.99.